The lowest BCUT2D eigenvalue weighted by Gasteiger charge is -2.33. The summed E-state index contributed by atoms with van der Waals surface area (Å²) in [6.07, 6.45) is 0.652. The average molecular weight is 160 g/mol. The first-order valence-corrected chi connectivity index (χ1v) is 3.43. The molecule has 0 bridgehead atoms. The van der Waals surface area contributed by atoms with Gasteiger partial charge in [0.05, 0.1) is 13.2 Å². The van der Waals surface area contributed by atoms with Crippen molar-refractivity contribution in [2.24, 2.45) is 0 Å². The number of rotatable bonds is 1. The van der Waals surface area contributed by atoms with Crippen LogP contribution >= 0.6 is 0 Å². The van der Waals surface area contributed by atoms with Gasteiger partial charge in [-0.05, 0) is 13.0 Å². The van der Waals surface area contributed by atoms with Gasteiger partial charge in [-0.1, -0.05) is 0 Å². The molecule has 1 aliphatic heterocycles. The molecule has 0 spiro atoms. The van der Waals surface area contributed by atoms with Gasteiger partial charge >= 0.3 is 0 Å². The Morgan fingerprint density at radius 1 is 1.82 bits per heavy atom. The molecule has 0 aliphatic carbocycles. The molecule has 0 saturated heterocycles. The fourth-order valence-electron chi connectivity index (χ4n) is 1.01. The first-order chi connectivity index (χ1) is 5.09. The summed E-state index contributed by atoms with van der Waals surface area (Å²) in [4.78, 5) is 0. The maximum atomic E-state index is 9.50. The maximum absolute atomic E-state index is 9.50. The molecule has 1 rings (SSSR count). The van der Waals surface area contributed by atoms with E-state index in [2.05, 4.69) is 0 Å². The molecule has 2 atom stereocenters. The van der Waals surface area contributed by atoms with Crippen molar-refractivity contribution >= 4 is 0 Å². The lowest BCUT2D eigenvalue weighted by Crippen LogP contribution is -2.47. The Hall–Kier alpha value is -0.580. The third kappa shape index (κ3) is 1.38. The van der Waals surface area contributed by atoms with Crippen molar-refractivity contribution in [2.75, 3.05) is 13.2 Å². The van der Waals surface area contributed by atoms with Gasteiger partial charge in [0.25, 0.3) is 0 Å². The van der Waals surface area contributed by atoms with Crippen LogP contribution in [-0.2, 0) is 4.74 Å². The average Bonchev–Trinajstić information content (AvgIpc) is 1.95. The minimum absolute atomic E-state index is 0.136. The Kier molecular flexibility index (Phi) is 2.17. The molecule has 0 radical (unpaired) electrons. The van der Waals surface area contributed by atoms with E-state index in [1.807, 2.05) is 0 Å². The SMILES string of the molecule is CC1(O)C(O)=CCOC1CO. The summed E-state index contributed by atoms with van der Waals surface area (Å²) in [7, 11) is 0. The minimum atomic E-state index is -1.45. The van der Waals surface area contributed by atoms with Crippen molar-refractivity contribution in [2.45, 2.75) is 18.6 Å². The number of aliphatic hydroxyl groups is 3. The zero-order chi connectivity index (χ0) is 8.48. The normalized spacial score (nSPS) is 38.5. The standard InChI is InChI=1S/C7H12O4/c1-7(10)5(9)2-3-11-6(7)4-8/h2,6,8-10H,3-4H2,1H3. The second-order valence-corrected chi connectivity index (χ2v) is 2.74. The predicted molar refractivity (Wildman–Crippen MR) is 38.2 cm³/mol. The van der Waals surface area contributed by atoms with Crippen LogP contribution in [0.2, 0.25) is 0 Å². The predicted octanol–water partition coefficient (Wildman–Crippen LogP) is -0.430. The molecule has 11 heavy (non-hydrogen) atoms. The molecule has 0 aromatic heterocycles. The first-order valence-electron chi connectivity index (χ1n) is 3.43. The molecule has 4 heteroatoms. The van der Waals surface area contributed by atoms with E-state index in [1.54, 1.807) is 0 Å². The summed E-state index contributed by atoms with van der Waals surface area (Å²) in [5.41, 5.74) is -1.45. The summed E-state index contributed by atoms with van der Waals surface area (Å²) in [5, 5.41) is 27.4. The Morgan fingerprint density at radius 2 is 2.45 bits per heavy atom. The van der Waals surface area contributed by atoms with Crippen LogP contribution in [0.4, 0.5) is 0 Å². The summed E-state index contributed by atoms with van der Waals surface area (Å²) in [5.74, 6) is -0.136. The lowest BCUT2D eigenvalue weighted by molar-refractivity contribution is -0.120. The highest BCUT2D eigenvalue weighted by molar-refractivity contribution is 5.13. The van der Waals surface area contributed by atoms with Crippen LogP contribution in [0.15, 0.2) is 11.8 Å². The van der Waals surface area contributed by atoms with Crippen molar-refractivity contribution in [3.63, 3.8) is 0 Å². The topological polar surface area (TPSA) is 69.9 Å². The smallest absolute Gasteiger partial charge is 0.146 e. The molecule has 0 aromatic carbocycles. The van der Waals surface area contributed by atoms with Gasteiger partial charge in [-0.25, -0.2) is 0 Å². The molecular weight excluding hydrogens is 148 g/mol. The molecule has 4 nitrogen and oxygen atoms in total. The van der Waals surface area contributed by atoms with Crippen molar-refractivity contribution in [3.8, 4) is 0 Å². The van der Waals surface area contributed by atoms with E-state index in [1.165, 1.54) is 13.0 Å². The molecule has 64 valence electrons. The first kappa shape index (κ1) is 8.52. The fraction of sp³-hybridized carbons (Fsp3) is 0.714. The zero-order valence-electron chi connectivity index (χ0n) is 6.32. The van der Waals surface area contributed by atoms with Crippen molar-refractivity contribution in [1.82, 2.24) is 0 Å². The molecule has 0 aromatic rings. The highest BCUT2D eigenvalue weighted by Gasteiger charge is 2.38. The minimum Gasteiger partial charge on any atom is -0.509 e. The second-order valence-electron chi connectivity index (χ2n) is 2.74. The van der Waals surface area contributed by atoms with Crippen LogP contribution in [0.1, 0.15) is 6.92 Å². The Morgan fingerprint density at radius 3 is 2.91 bits per heavy atom. The molecule has 1 heterocycles. The number of hydrogen-bond acceptors (Lipinski definition) is 4. The van der Waals surface area contributed by atoms with Gasteiger partial charge in [0.15, 0.2) is 0 Å². The van der Waals surface area contributed by atoms with Gasteiger partial charge in [0, 0.05) is 0 Å². The summed E-state index contributed by atoms with van der Waals surface area (Å²) < 4.78 is 4.98. The largest absolute Gasteiger partial charge is 0.509 e. The number of ether oxygens (including phenoxy) is 1. The van der Waals surface area contributed by atoms with Crippen LogP contribution < -0.4 is 0 Å². The summed E-state index contributed by atoms with van der Waals surface area (Å²) >= 11 is 0. The monoisotopic (exact) mass is 160 g/mol. The maximum Gasteiger partial charge on any atom is 0.146 e. The Bertz CT molecular complexity index is 173. The van der Waals surface area contributed by atoms with Crippen molar-refractivity contribution < 1.29 is 20.1 Å². The van der Waals surface area contributed by atoms with E-state index >= 15 is 0 Å². The molecule has 0 amide bonds. The zero-order valence-corrected chi connectivity index (χ0v) is 6.32. The van der Waals surface area contributed by atoms with Crippen LogP contribution in [-0.4, -0.2) is 40.2 Å². The molecule has 3 N–H and O–H groups in total. The van der Waals surface area contributed by atoms with Crippen molar-refractivity contribution in [3.05, 3.63) is 11.8 Å². The molecule has 1 aliphatic rings. The van der Waals surface area contributed by atoms with Crippen LogP contribution in [0.25, 0.3) is 0 Å². The van der Waals surface area contributed by atoms with Gasteiger partial charge < -0.3 is 20.1 Å². The van der Waals surface area contributed by atoms with Gasteiger partial charge in [-0.2, -0.15) is 0 Å². The molecular formula is C7H12O4. The fourth-order valence-corrected chi connectivity index (χ4v) is 1.01. The van der Waals surface area contributed by atoms with Crippen LogP contribution in [0.3, 0.4) is 0 Å². The van der Waals surface area contributed by atoms with E-state index in [-0.39, 0.29) is 19.0 Å². The van der Waals surface area contributed by atoms with Gasteiger partial charge in [0.2, 0.25) is 0 Å². The molecule has 2 unspecified atom stereocenters. The quantitative estimate of drug-likeness (QED) is 0.487. The highest BCUT2D eigenvalue weighted by atomic mass is 16.5. The van der Waals surface area contributed by atoms with Gasteiger partial charge in [0.1, 0.15) is 17.5 Å². The van der Waals surface area contributed by atoms with E-state index < -0.39 is 11.7 Å². The highest BCUT2D eigenvalue weighted by Crippen LogP contribution is 2.24. The lowest BCUT2D eigenvalue weighted by atomic mass is 9.95. The van der Waals surface area contributed by atoms with Crippen molar-refractivity contribution in [1.29, 1.82) is 0 Å². The van der Waals surface area contributed by atoms with Gasteiger partial charge in [-0.15, -0.1) is 0 Å². The van der Waals surface area contributed by atoms with E-state index in [9.17, 15) is 5.11 Å². The van der Waals surface area contributed by atoms with E-state index in [0.717, 1.165) is 0 Å². The molecule has 0 saturated carbocycles. The second kappa shape index (κ2) is 2.81. The summed E-state index contributed by atoms with van der Waals surface area (Å²) in [6.45, 7) is 1.33. The Labute approximate surface area is 64.7 Å². The number of aliphatic hydroxyl groups excluding tert-OH is 2. The van der Waals surface area contributed by atoms with E-state index in [0.29, 0.717) is 0 Å². The van der Waals surface area contributed by atoms with Gasteiger partial charge in [-0.3, -0.25) is 0 Å². The number of hydrogen-bond donors (Lipinski definition) is 3. The van der Waals surface area contributed by atoms with Crippen LogP contribution in [0.5, 0.6) is 0 Å². The Balaban J connectivity index is 2.81. The van der Waals surface area contributed by atoms with E-state index in [4.69, 9.17) is 14.9 Å². The third-order valence-corrected chi connectivity index (χ3v) is 1.89. The molecule has 0 fully saturated rings. The third-order valence-electron chi connectivity index (χ3n) is 1.89. The van der Waals surface area contributed by atoms with Crippen LogP contribution in [0, 0.1) is 0 Å². The summed E-state index contributed by atoms with van der Waals surface area (Å²) in [6, 6.07) is 0.